The van der Waals surface area contributed by atoms with Crippen LogP contribution in [0.5, 0.6) is 11.5 Å². The van der Waals surface area contributed by atoms with Crippen molar-refractivity contribution in [2.45, 2.75) is 13.0 Å². The van der Waals surface area contributed by atoms with Gasteiger partial charge in [0.2, 0.25) is 0 Å². The Morgan fingerprint density at radius 2 is 1.38 bits per heavy atom. The van der Waals surface area contributed by atoms with Gasteiger partial charge in [-0.1, -0.05) is 0 Å². The molecule has 0 aliphatic carbocycles. The number of nitrogens with one attached hydrogen (secondary N) is 1. The zero-order valence-electron chi connectivity index (χ0n) is 13.7. The average molecular weight is 329 g/mol. The molecular formula is C18H19NO5. The van der Waals surface area contributed by atoms with Crippen molar-refractivity contribution < 1.29 is 23.8 Å². The Labute approximate surface area is 140 Å². The van der Waals surface area contributed by atoms with Crippen molar-refractivity contribution in [2.24, 2.45) is 0 Å². The first-order valence-corrected chi connectivity index (χ1v) is 7.33. The first-order valence-electron chi connectivity index (χ1n) is 7.33. The van der Waals surface area contributed by atoms with Crippen LogP contribution < -0.4 is 14.8 Å². The summed E-state index contributed by atoms with van der Waals surface area (Å²) in [5.41, 5.74) is 0.938. The van der Waals surface area contributed by atoms with Crippen molar-refractivity contribution in [1.29, 1.82) is 0 Å². The van der Waals surface area contributed by atoms with Gasteiger partial charge in [-0.15, -0.1) is 0 Å². The molecule has 0 radical (unpaired) electrons. The summed E-state index contributed by atoms with van der Waals surface area (Å²) in [4.78, 5) is 24.1. The van der Waals surface area contributed by atoms with E-state index in [1.54, 1.807) is 62.8 Å². The van der Waals surface area contributed by atoms with E-state index in [9.17, 15) is 9.59 Å². The summed E-state index contributed by atoms with van der Waals surface area (Å²) in [5.74, 6) is 0.334. The molecule has 0 aromatic heterocycles. The van der Waals surface area contributed by atoms with Crippen LogP contribution in [0.1, 0.15) is 17.3 Å². The first-order chi connectivity index (χ1) is 11.5. The smallest absolute Gasteiger partial charge is 0.338 e. The second-order valence-corrected chi connectivity index (χ2v) is 4.99. The van der Waals surface area contributed by atoms with Crippen molar-refractivity contribution in [2.75, 3.05) is 19.5 Å². The largest absolute Gasteiger partial charge is 0.497 e. The fourth-order valence-corrected chi connectivity index (χ4v) is 1.93. The van der Waals surface area contributed by atoms with E-state index in [1.165, 1.54) is 6.92 Å². The van der Waals surface area contributed by atoms with Crippen LogP contribution in [0.15, 0.2) is 48.5 Å². The van der Waals surface area contributed by atoms with E-state index in [0.717, 1.165) is 0 Å². The van der Waals surface area contributed by atoms with Gasteiger partial charge in [0.05, 0.1) is 19.8 Å². The Hall–Kier alpha value is -3.02. The lowest BCUT2D eigenvalue weighted by Crippen LogP contribution is -2.29. The van der Waals surface area contributed by atoms with Crippen LogP contribution in [0.25, 0.3) is 0 Å². The topological polar surface area (TPSA) is 73.9 Å². The molecule has 0 heterocycles. The molecule has 6 heteroatoms. The highest BCUT2D eigenvalue weighted by molar-refractivity contribution is 5.97. The van der Waals surface area contributed by atoms with Gasteiger partial charge < -0.3 is 19.5 Å². The number of hydrogen-bond acceptors (Lipinski definition) is 5. The molecule has 1 N–H and O–H groups in total. The fourth-order valence-electron chi connectivity index (χ4n) is 1.93. The van der Waals surface area contributed by atoms with Crippen LogP contribution in [0.2, 0.25) is 0 Å². The van der Waals surface area contributed by atoms with E-state index < -0.39 is 18.0 Å². The van der Waals surface area contributed by atoms with Gasteiger partial charge in [-0.3, -0.25) is 4.79 Å². The van der Waals surface area contributed by atoms with Crippen LogP contribution in [0, 0.1) is 0 Å². The molecule has 2 aromatic rings. The predicted octanol–water partition coefficient (Wildman–Crippen LogP) is 2.89. The molecule has 2 aromatic carbocycles. The Kier molecular flexibility index (Phi) is 5.78. The Morgan fingerprint density at radius 3 is 1.88 bits per heavy atom. The van der Waals surface area contributed by atoms with Gasteiger partial charge in [-0.05, 0) is 55.5 Å². The third-order valence-electron chi connectivity index (χ3n) is 3.34. The van der Waals surface area contributed by atoms with E-state index in [-0.39, 0.29) is 0 Å². The molecule has 0 bridgehead atoms. The van der Waals surface area contributed by atoms with Gasteiger partial charge in [-0.2, -0.15) is 0 Å². The second-order valence-electron chi connectivity index (χ2n) is 4.99. The minimum absolute atomic E-state index is 0.347. The molecule has 0 saturated heterocycles. The number of esters is 1. The van der Waals surface area contributed by atoms with Gasteiger partial charge in [-0.25, -0.2) is 4.79 Å². The molecule has 24 heavy (non-hydrogen) atoms. The van der Waals surface area contributed by atoms with Crippen LogP contribution >= 0.6 is 0 Å². The maximum absolute atomic E-state index is 12.1. The molecule has 126 valence electrons. The number of carbonyl (C=O) groups is 2. The van der Waals surface area contributed by atoms with Crippen LogP contribution in [-0.2, 0) is 9.53 Å². The number of carbonyl (C=O) groups excluding carboxylic acids is 2. The normalized spacial score (nSPS) is 11.3. The minimum Gasteiger partial charge on any atom is -0.497 e. The zero-order valence-corrected chi connectivity index (χ0v) is 13.7. The SMILES string of the molecule is COc1ccc(NC(=O)[C@@H](C)OC(=O)c2ccc(OC)cc2)cc1. The molecule has 0 aliphatic heterocycles. The minimum atomic E-state index is -0.929. The Morgan fingerprint density at radius 1 is 0.875 bits per heavy atom. The zero-order chi connectivity index (χ0) is 17.5. The van der Waals surface area contributed by atoms with Crippen LogP contribution in [0.3, 0.4) is 0 Å². The molecule has 0 spiro atoms. The number of amides is 1. The highest BCUT2D eigenvalue weighted by Gasteiger charge is 2.19. The van der Waals surface area contributed by atoms with E-state index in [2.05, 4.69) is 5.32 Å². The summed E-state index contributed by atoms with van der Waals surface area (Å²) in [6, 6.07) is 13.3. The first kappa shape index (κ1) is 17.3. The highest BCUT2D eigenvalue weighted by Crippen LogP contribution is 2.16. The lowest BCUT2D eigenvalue weighted by molar-refractivity contribution is -0.123. The third-order valence-corrected chi connectivity index (χ3v) is 3.34. The van der Waals surface area contributed by atoms with Gasteiger partial charge in [0.1, 0.15) is 11.5 Å². The van der Waals surface area contributed by atoms with Crippen LogP contribution in [0.4, 0.5) is 5.69 Å². The molecule has 2 rings (SSSR count). The highest BCUT2D eigenvalue weighted by atomic mass is 16.5. The van der Waals surface area contributed by atoms with Gasteiger partial charge >= 0.3 is 5.97 Å². The summed E-state index contributed by atoms with van der Waals surface area (Å²) >= 11 is 0. The van der Waals surface area contributed by atoms with E-state index in [0.29, 0.717) is 22.7 Å². The van der Waals surface area contributed by atoms with Crippen molar-refractivity contribution in [3.8, 4) is 11.5 Å². The average Bonchev–Trinajstić information content (AvgIpc) is 2.62. The standard InChI is InChI=1S/C18H19NO5/c1-12(17(20)19-14-6-10-16(23-3)11-7-14)24-18(21)13-4-8-15(22-2)9-5-13/h4-12H,1-3H3,(H,19,20)/t12-/m1/s1. The van der Waals surface area contributed by atoms with E-state index >= 15 is 0 Å². The molecule has 0 unspecified atom stereocenters. The fraction of sp³-hybridized carbons (Fsp3) is 0.222. The number of benzene rings is 2. The number of anilines is 1. The molecular weight excluding hydrogens is 310 g/mol. The van der Waals surface area contributed by atoms with Gasteiger partial charge in [0, 0.05) is 5.69 Å². The van der Waals surface area contributed by atoms with Crippen molar-refractivity contribution in [3.05, 3.63) is 54.1 Å². The number of hydrogen-bond donors (Lipinski definition) is 1. The quantitative estimate of drug-likeness (QED) is 0.825. The number of ether oxygens (including phenoxy) is 3. The lowest BCUT2D eigenvalue weighted by Gasteiger charge is -2.14. The summed E-state index contributed by atoms with van der Waals surface area (Å²) in [5, 5.41) is 2.68. The predicted molar refractivity (Wildman–Crippen MR) is 89.5 cm³/mol. The second kappa shape index (κ2) is 8.01. The Balaban J connectivity index is 1.93. The maximum atomic E-state index is 12.1. The molecule has 1 amide bonds. The van der Waals surface area contributed by atoms with Gasteiger partial charge in [0.25, 0.3) is 5.91 Å². The summed E-state index contributed by atoms with van der Waals surface area (Å²) in [6.45, 7) is 1.51. The van der Waals surface area contributed by atoms with E-state index in [4.69, 9.17) is 14.2 Å². The molecule has 1 atom stereocenters. The van der Waals surface area contributed by atoms with Crippen LogP contribution in [-0.4, -0.2) is 32.2 Å². The van der Waals surface area contributed by atoms with Crippen molar-refractivity contribution in [3.63, 3.8) is 0 Å². The summed E-state index contributed by atoms with van der Waals surface area (Å²) in [7, 11) is 3.10. The van der Waals surface area contributed by atoms with Crippen molar-refractivity contribution >= 4 is 17.6 Å². The monoisotopic (exact) mass is 329 g/mol. The van der Waals surface area contributed by atoms with E-state index in [1.807, 2.05) is 0 Å². The lowest BCUT2D eigenvalue weighted by atomic mass is 10.2. The Bertz CT molecular complexity index is 694. The molecule has 0 fully saturated rings. The third kappa shape index (κ3) is 4.49. The summed E-state index contributed by atoms with van der Waals surface area (Å²) in [6.07, 6.45) is -0.929. The summed E-state index contributed by atoms with van der Waals surface area (Å²) < 4.78 is 15.2. The molecule has 6 nitrogen and oxygen atoms in total. The maximum Gasteiger partial charge on any atom is 0.338 e. The molecule has 0 saturated carbocycles. The van der Waals surface area contributed by atoms with Gasteiger partial charge in [0.15, 0.2) is 6.10 Å². The number of methoxy groups -OCH3 is 2. The number of rotatable bonds is 6. The molecule has 0 aliphatic rings. The van der Waals surface area contributed by atoms with Crippen molar-refractivity contribution in [1.82, 2.24) is 0 Å².